The number of piperidine rings is 1. The summed E-state index contributed by atoms with van der Waals surface area (Å²) in [6.45, 7) is 6.68. The Labute approximate surface area is 175 Å². The standard InChI is InChI=1S/C21H31N3OS.C2H6/c22-21(26-16-24-13-7-2-8-14-24)18-11-5-6-12-19(18)23-15-20(25)17-9-3-1-4-10-17;1-2/h5-6,11-12,17,22-23H,1-4,7-10,13-16H2;1-2H3. The van der Waals surface area contributed by atoms with Crippen molar-refractivity contribution in [3.63, 3.8) is 0 Å². The Kier molecular flexibility index (Phi) is 10.7. The Morgan fingerprint density at radius 1 is 1.07 bits per heavy atom. The van der Waals surface area contributed by atoms with Crippen molar-refractivity contribution >= 4 is 28.3 Å². The number of nitrogens with one attached hydrogen (secondary N) is 2. The molecule has 1 aliphatic carbocycles. The zero-order chi connectivity index (χ0) is 20.2. The second kappa shape index (κ2) is 13.0. The maximum Gasteiger partial charge on any atom is 0.154 e. The van der Waals surface area contributed by atoms with Gasteiger partial charge in [-0.3, -0.25) is 15.1 Å². The first kappa shape index (κ1) is 23.0. The van der Waals surface area contributed by atoms with Crippen LogP contribution in [0.15, 0.2) is 24.3 Å². The van der Waals surface area contributed by atoms with Crippen molar-refractivity contribution in [2.45, 2.75) is 65.2 Å². The van der Waals surface area contributed by atoms with Crippen molar-refractivity contribution in [2.75, 3.05) is 30.8 Å². The molecule has 28 heavy (non-hydrogen) atoms. The minimum atomic E-state index is 0.233. The molecule has 1 saturated carbocycles. The summed E-state index contributed by atoms with van der Waals surface area (Å²) in [5.41, 5.74) is 1.82. The predicted molar refractivity (Wildman–Crippen MR) is 123 cm³/mol. The number of benzene rings is 1. The second-order valence-electron chi connectivity index (χ2n) is 7.48. The lowest BCUT2D eigenvalue weighted by Gasteiger charge is -2.26. The highest BCUT2D eigenvalue weighted by atomic mass is 32.2. The normalized spacial score (nSPS) is 18.1. The minimum Gasteiger partial charge on any atom is -0.377 e. The molecule has 3 rings (SSSR count). The van der Waals surface area contributed by atoms with E-state index in [0.29, 0.717) is 17.4 Å². The van der Waals surface area contributed by atoms with Gasteiger partial charge in [0.05, 0.1) is 17.5 Å². The number of hydrogen-bond acceptors (Lipinski definition) is 5. The molecule has 1 heterocycles. The van der Waals surface area contributed by atoms with Gasteiger partial charge in [-0.2, -0.15) is 0 Å². The average Bonchev–Trinajstić information content (AvgIpc) is 2.78. The number of hydrogen-bond donors (Lipinski definition) is 2. The van der Waals surface area contributed by atoms with E-state index in [-0.39, 0.29) is 5.92 Å². The second-order valence-corrected chi connectivity index (χ2v) is 8.44. The average molecular weight is 404 g/mol. The SMILES string of the molecule is CC.N=C(SCN1CCCCC1)c1ccccc1NCC(=O)C1CCCCC1. The number of likely N-dealkylation sites (tertiary alicyclic amines) is 1. The quantitative estimate of drug-likeness (QED) is 0.448. The summed E-state index contributed by atoms with van der Waals surface area (Å²) in [6, 6.07) is 7.91. The molecular weight excluding hydrogens is 366 g/mol. The minimum absolute atomic E-state index is 0.233. The molecule has 2 aliphatic rings. The van der Waals surface area contributed by atoms with Crippen LogP contribution in [-0.2, 0) is 4.79 Å². The third kappa shape index (κ3) is 7.25. The fourth-order valence-electron chi connectivity index (χ4n) is 3.91. The Balaban J connectivity index is 0.00000136. The van der Waals surface area contributed by atoms with Crippen molar-refractivity contribution in [3.8, 4) is 0 Å². The molecule has 1 aromatic rings. The predicted octanol–water partition coefficient (Wildman–Crippen LogP) is 5.78. The Morgan fingerprint density at radius 2 is 1.71 bits per heavy atom. The third-order valence-electron chi connectivity index (χ3n) is 5.53. The van der Waals surface area contributed by atoms with Crippen LogP contribution >= 0.6 is 11.8 Å². The third-order valence-corrected chi connectivity index (χ3v) is 6.53. The molecule has 0 aromatic heterocycles. The number of ketones is 1. The van der Waals surface area contributed by atoms with Crippen LogP contribution in [0.5, 0.6) is 0 Å². The molecule has 0 spiro atoms. The number of anilines is 1. The first-order chi connectivity index (χ1) is 13.7. The summed E-state index contributed by atoms with van der Waals surface area (Å²) >= 11 is 1.60. The first-order valence-corrected chi connectivity index (χ1v) is 12.0. The van der Waals surface area contributed by atoms with Crippen LogP contribution in [0.25, 0.3) is 0 Å². The van der Waals surface area contributed by atoms with Crippen molar-refractivity contribution in [3.05, 3.63) is 29.8 Å². The molecule has 5 heteroatoms. The molecule has 2 fully saturated rings. The Hall–Kier alpha value is -1.33. The molecule has 1 aromatic carbocycles. The summed E-state index contributed by atoms with van der Waals surface area (Å²) in [4.78, 5) is 14.9. The van der Waals surface area contributed by atoms with Crippen LogP contribution in [0, 0.1) is 11.3 Å². The van der Waals surface area contributed by atoms with E-state index in [1.165, 1.54) is 38.5 Å². The monoisotopic (exact) mass is 403 g/mol. The zero-order valence-corrected chi connectivity index (χ0v) is 18.5. The summed E-state index contributed by atoms with van der Waals surface area (Å²) in [5, 5.41) is 12.4. The first-order valence-electron chi connectivity index (χ1n) is 11.0. The van der Waals surface area contributed by atoms with Gasteiger partial charge in [0.15, 0.2) is 5.78 Å². The lowest BCUT2D eigenvalue weighted by atomic mass is 9.86. The van der Waals surface area contributed by atoms with E-state index < -0.39 is 0 Å². The van der Waals surface area contributed by atoms with Gasteiger partial charge in [-0.25, -0.2) is 0 Å². The number of nitrogens with zero attached hydrogens (tertiary/aromatic N) is 1. The van der Waals surface area contributed by atoms with Gasteiger partial charge in [0.1, 0.15) is 0 Å². The summed E-state index contributed by atoms with van der Waals surface area (Å²) < 4.78 is 0. The van der Waals surface area contributed by atoms with Crippen LogP contribution < -0.4 is 5.32 Å². The van der Waals surface area contributed by atoms with Gasteiger partial charge in [0, 0.05) is 17.2 Å². The van der Waals surface area contributed by atoms with E-state index in [4.69, 9.17) is 5.41 Å². The van der Waals surface area contributed by atoms with E-state index in [1.54, 1.807) is 11.8 Å². The molecule has 2 N–H and O–H groups in total. The molecule has 1 aliphatic heterocycles. The lowest BCUT2D eigenvalue weighted by Crippen LogP contribution is -2.29. The molecule has 0 bridgehead atoms. The van der Waals surface area contributed by atoms with Crippen molar-refractivity contribution in [2.24, 2.45) is 5.92 Å². The van der Waals surface area contributed by atoms with Gasteiger partial charge >= 0.3 is 0 Å². The van der Waals surface area contributed by atoms with Crippen LogP contribution in [0.3, 0.4) is 0 Å². The lowest BCUT2D eigenvalue weighted by molar-refractivity contribution is -0.122. The molecule has 0 amide bonds. The molecule has 0 atom stereocenters. The van der Waals surface area contributed by atoms with Crippen molar-refractivity contribution in [1.82, 2.24) is 4.90 Å². The van der Waals surface area contributed by atoms with E-state index in [1.807, 2.05) is 38.1 Å². The van der Waals surface area contributed by atoms with Gasteiger partial charge in [-0.1, -0.05) is 69.5 Å². The van der Waals surface area contributed by atoms with Crippen molar-refractivity contribution in [1.29, 1.82) is 5.41 Å². The summed E-state index contributed by atoms with van der Waals surface area (Å²) in [7, 11) is 0. The molecular formula is C23H37N3OS. The topological polar surface area (TPSA) is 56.2 Å². The van der Waals surface area contributed by atoms with Crippen LogP contribution in [0.1, 0.15) is 70.8 Å². The summed E-state index contributed by atoms with van der Waals surface area (Å²) in [6.07, 6.45) is 9.61. The van der Waals surface area contributed by atoms with Crippen molar-refractivity contribution < 1.29 is 4.79 Å². The molecule has 4 nitrogen and oxygen atoms in total. The fraction of sp³-hybridized carbons (Fsp3) is 0.652. The highest BCUT2D eigenvalue weighted by Crippen LogP contribution is 2.26. The molecule has 1 saturated heterocycles. The van der Waals surface area contributed by atoms with Gasteiger partial charge < -0.3 is 5.32 Å². The van der Waals surface area contributed by atoms with E-state index >= 15 is 0 Å². The van der Waals surface area contributed by atoms with Crippen LogP contribution in [0.4, 0.5) is 5.69 Å². The fourth-order valence-corrected chi connectivity index (χ4v) is 4.81. The maximum atomic E-state index is 12.5. The largest absolute Gasteiger partial charge is 0.377 e. The molecule has 0 radical (unpaired) electrons. The summed E-state index contributed by atoms with van der Waals surface area (Å²) in [5.74, 6) is 1.44. The highest BCUT2D eigenvalue weighted by molar-refractivity contribution is 8.14. The van der Waals surface area contributed by atoms with Gasteiger partial charge in [0.25, 0.3) is 0 Å². The number of carbonyl (C=O) groups is 1. The van der Waals surface area contributed by atoms with E-state index in [9.17, 15) is 4.79 Å². The Bertz CT molecular complexity index is 608. The number of thioether (sulfide) groups is 1. The van der Waals surface area contributed by atoms with Crippen LogP contribution in [0.2, 0.25) is 0 Å². The van der Waals surface area contributed by atoms with Gasteiger partial charge in [-0.15, -0.1) is 0 Å². The Morgan fingerprint density at radius 3 is 2.43 bits per heavy atom. The van der Waals surface area contributed by atoms with E-state index in [2.05, 4.69) is 10.2 Å². The molecule has 0 unspecified atom stereocenters. The highest BCUT2D eigenvalue weighted by Gasteiger charge is 2.21. The number of para-hydroxylation sites is 1. The van der Waals surface area contributed by atoms with Gasteiger partial charge in [-0.05, 0) is 44.8 Å². The van der Waals surface area contributed by atoms with Crippen LogP contribution in [-0.4, -0.2) is 41.2 Å². The molecule has 156 valence electrons. The smallest absolute Gasteiger partial charge is 0.154 e. The number of rotatable bonds is 7. The van der Waals surface area contributed by atoms with E-state index in [0.717, 1.165) is 43.1 Å². The van der Waals surface area contributed by atoms with Gasteiger partial charge in [0.2, 0.25) is 0 Å². The number of Topliss-reactive ketones (excluding diaryl/α,β-unsaturated/α-hetero) is 1. The maximum absolute atomic E-state index is 12.5. The number of carbonyl (C=O) groups excluding carboxylic acids is 1. The zero-order valence-electron chi connectivity index (χ0n) is 17.6.